The predicted molar refractivity (Wildman–Crippen MR) is 93.0 cm³/mol. The molecule has 0 radical (unpaired) electrons. The smallest absolute Gasteiger partial charge is 0.324 e. The van der Waals surface area contributed by atoms with E-state index in [9.17, 15) is 14.0 Å². The van der Waals surface area contributed by atoms with Crippen molar-refractivity contribution >= 4 is 23.4 Å². The number of likely N-dealkylation sites (N-methyl/N-ethyl adjacent to an activating group) is 1. The Hall–Kier alpha value is -2.96. The zero-order valence-corrected chi connectivity index (χ0v) is 13.9. The number of pyridine rings is 1. The molecular weight excluding hydrogens is 323 g/mol. The number of rotatable bonds is 5. The van der Waals surface area contributed by atoms with Crippen molar-refractivity contribution in [1.82, 2.24) is 9.88 Å². The van der Waals surface area contributed by atoms with Gasteiger partial charge in [0.25, 0.3) is 0 Å². The van der Waals surface area contributed by atoms with Gasteiger partial charge in [0, 0.05) is 19.6 Å². The van der Waals surface area contributed by atoms with E-state index in [0.717, 1.165) is 0 Å². The van der Waals surface area contributed by atoms with Crippen molar-refractivity contribution in [2.45, 2.75) is 13.3 Å². The Kier molecular flexibility index (Phi) is 4.92. The average Bonchev–Trinajstić information content (AvgIpc) is 2.98. The summed E-state index contributed by atoms with van der Waals surface area (Å²) in [5, 5.41) is 2.68. The number of anilines is 2. The largest absolute Gasteiger partial charge is 0.325 e. The summed E-state index contributed by atoms with van der Waals surface area (Å²) in [6.45, 7) is 3.87. The minimum absolute atomic E-state index is 0.0511. The minimum Gasteiger partial charge on any atom is -0.324 e. The molecule has 130 valence electrons. The average molecular weight is 342 g/mol. The normalized spacial score (nSPS) is 14.1. The second-order valence-corrected chi connectivity index (χ2v) is 5.74. The number of carbonyl (C=O) groups is 2. The van der Waals surface area contributed by atoms with E-state index >= 15 is 0 Å². The van der Waals surface area contributed by atoms with Crippen molar-refractivity contribution in [3.05, 3.63) is 54.0 Å². The van der Waals surface area contributed by atoms with Crippen molar-refractivity contribution in [2.24, 2.45) is 0 Å². The summed E-state index contributed by atoms with van der Waals surface area (Å²) in [5.41, 5.74) is 0.844. The standard InChI is InChI=1S/C18H19FN4O2/c1-2-22-9-10-23(18(22)25)16-8-7-14(12-20-16)21-17(24)11-13-5-3-4-6-15(13)19/h3-8,12H,2,9-11H2,1H3,(H,21,24). The summed E-state index contributed by atoms with van der Waals surface area (Å²) in [4.78, 5) is 31.8. The van der Waals surface area contributed by atoms with Gasteiger partial charge in [0.1, 0.15) is 11.6 Å². The van der Waals surface area contributed by atoms with Crippen LogP contribution in [0.15, 0.2) is 42.6 Å². The molecule has 7 heteroatoms. The van der Waals surface area contributed by atoms with Gasteiger partial charge in [-0.05, 0) is 30.7 Å². The number of carbonyl (C=O) groups excluding carboxylic acids is 2. The van der Waals surface area contributed by atoms with Crippen LogP contribution in [0.4, 0.5) is 20.7 Å². The van der Waals surface area contributed by atoms with Gasteiger partial charge in [-0.3, -0.25) is 9.69 Å². The number of amides is 3. The quantitative estimate of drug-likeness (QED) is 0.908. The lowest BCUT2D eigenvalue weighted by Gasteiger charge is -2.16. The van der Waals surface area contributed by atoms with Crippen LogP contribution < -0.4 is 10.2 Å². The van der Waals surface area contributed by atoms with Crippen molar-refractivity contribution in [3.8, 4) is 0 Å². The molecule has 0 bridgehead atoms. The zero-order valence-electron chi connectivity index (χ0n) is 13.9. The fourth-order valence-corrected chi connectivity index (χ4v) is 2.73. The Balaban J connectivity index is 1.62. The summed E-state index contributed by atoms with van der Waals surface area (Å²) < 4.78 is 13.6. The Labute approximate surface area is 145 Å². The van der Waals surface area contributed by atoms with Crippen molar-refractivity contribution in [2.75, 3.05) is 29.9 Å². The third-order valence-electron chi connectivity index (χ3n) is 4.09. The molecule has 3 rings (SSSR count). The first-order valence-corrected chi connectivity index (χ1v) is 8.14. The zero-order chi connectivity index (χ0) is 17.8. The van der Waals surface area contributed by atoms with E-state index in [1.54, 1.807) is 40.1 Å². The molecule has 0 aliphatic carbocycles. The summed E-state index contributed by atoms with van der Waals surface area (Å²) in [7, 11) is 0. The van der Waals surface area contributed by atoms with Gasteiger partial charge >= 0.3 is 6.03 Å². The van der Waals surface area contributed by atoms with Crippen LogP contribution in [0, 0.1) is 5.82 Å². The molecule has 0 saturated carbocycles. The molecule has 1 aromatic heterocycles. The van der Waals surface area contributed by atoms with E-state index in [1.165, 1.54) is 12.3 Å². The maximum atomic E-state index is 13.6. The molecule has 6 nitrogen and oxygen atoms in total. The first-order valence-electron chi connectivity index (χ1n) is 8.14. The minimum atomic E-state index is -0.404. The molecule has 0 atom stereocenters. The molecule has 0 spiro atoms. The van der Waals surface area contributed by atoms with E-state index in [2.05, 4.69) is 10.3 Å². The van der Waals surface area contributed by atoms with Crippen molar-refractivity contribution in [1.29, 1.82) is 0 Å². The van der Waals surface area contributed by atoms with Crippen molar-refractivity contribution < 1.29 is 14.0 Å². The van der Waals surface area contributed by atoms with Crippen LogP contribution in [0.5, 0.6) is 0 Å². The van der Waals surface area contributed by atoms with Crippen LogP contribution in [-0.2, 0) is 11.2 Å². The molecule has 1 aromatic carbocycles. The Morgan fingerprint density at radius 1 is 1.24 bits per heavy atom. The number of hydrogen-bond donors (Lipinski definition) is 1. The fraction of sp³-hybridized carbons (Fsp3) is 0.278. The van der Waals surface area contributed by atoms with E-state index in [4.69, 9.17) is 0 Å². The maximum Gasteiger partial charge on any atom is 0.325 e. The van der Waals surface area contributed by atoms with Crippen LogP contribution in [0.3, 0.4) is 0 Å². The summed E-state index contributed by atoms with van der Waals surface area (Å²) >= 11 is 0. The molecule has 2 aromatic rings. The lowest BCUT2D eigenvalue weighted by molar-refractivity contribution is -0.115. The molecule has 25 heavy (non-hydrogen) atoms. The molecule has 1 N–H and O–H groups in total. The lowest BCUT2D eigenvalue weighted by Crippen LogP contribution is -2.32. The fourth-order valence-electron chi connectivity index (χ4n) is 2.73. The van der Waals surface area contributed by atoms with Gasteiger partial charge < -0.3 is 10.2 Å². The summed E-state index contributed by atoms with van der Waals surface area (Å²) in [6.07, 6.45) is 1.45. The number of nitrogens with one attached hydrogen (secondary N) is 1. The Morgan fingerprint density at radius 3 is 2.68 bits per heavy atom. The third-order valence-corrected chi connectivity index (χ3v) is 4.09. The SMILES string of the molecule is CCN1CCN(c2ccc(NC(=O)Cc3ccccc3F)cn2)C1=O. The van der Waals surface area contributed by atoms with E-state index in [0.29, 0.717) is 36.7 Å². The first kappa shape index (κ1) is 16.9. The van der Waals surface area contributed by atoms with E-state index in [-0.39, 0.29) is 18.4 Å². The number of nitrogens with zero attached hydrogens (tertiary/aromatic N) is 3. The number of benzene rings is 1. The maximum absolute atomic E-state index is 13.6. The van der Waals surface area contributed by atoms with Crippen LogP contribution in [0.1, 0.15) is 12.5 Å². The third kappa shape index (κ3) is 3.76. The highest BCUT2D eigenvalue weighted by Gasteiger charge is 2.28. The van der Waals surface area contributed by atoms with Gasteiger partial charge in [-0.2, -0.15) is 0 Å². The molecule has 1 saturated heterocycles. The second-order valence-electron chi connectivity index (χ2n) is 5.74. The number of hydrogen-bond acceptors (Lipinski definition) is 3. The van der Waals surface area contributed by atoms with Crippen LogP contribution in [0.25, 0.3) is 0 Å². The first-order chi connectivity index (χ1) is 12.1. The number of urea groups is 1. The Morgan fingerprint density at radius 2 is 2.04 bits per heavy atom. The van der Waals surface area contributed by atoms with Gasteiger partial charge in [-0.25, -0.2) is 14.2 Å². The molecule has 0 unspecified atom stereocenters. The monoisotopic (exact) mass is 342 g/mol. The molecule has 1 fully saturated rings. The topological polar surface area (TPSA) is 65.5 Å². The number of halogens is 1. The molecule has 3 amide bonds. The summed E-state index contributed by atoms with van der Waals surface area (Å²) in [5.74, 6) is -0.179. The molecule has 1 aliphatic rings. The van der Waals surface area contributed by atoms with Crippen LogP contribution in [0.2, 0.25) is 0 Å². The van der Waals surface area contributed by atoms with Gasteiger partial charge in [0.2, 0.25) is 5.91 Å². The molecule has 2 heterocycles. The number of aromatic nitrogens is 1. The predicted octanol–water partition coefficient (Wildman–Crippen LogP) is 2.66. The van der Waals surface area contributed by atoms with Gasteiger partial charge in [0.15, 0.2) is 0 Å². The van der Waals surface area contributed by atoms with Gasteiger partial charge in [-0.1, -0.05) is 18.2 Å². The second kappa shape index (κ2) is 7.29. The van der Waals surface area contributed by atoms with E-state index in [1.807, 2.05) is 6.92 Å². The molecular formula is C18H19FN4O2. The summed E-state index contributed by atoms with van der Waals surface area (Å²) in [6, 6.07) is 9.49. The van der Waals surface area contributed by atoms with Crippen molar-refractivity contribution in [3.63, 3.8) is 0 Å². The van der Waals surface area contributed by atoms with Crippen LogP contribution >= 0.6 is 0 Å². The highest BCUT2D eigenvalue weighted by Crippen LogP contribution is 2.19. The van der Waals surface area contributed by atoms with Gasteiger partial charge in [0.05, 0.1) is 18.3 Å². The lowest BCUT2D eigenvalue weighted by atomic mass is 10.1. The van der Waals surface area contributed by atoms with Crippen LogP contribution in [-0.4, -0.2) is 41.5 Å². The van der Waals surface area contributed by atoms with Gasteiger partial charge in [-0.15, -0.1) is 0 Å². The highest BCUT2D eigenvalue weighted by atomic mass is 19.1. The highest BCUT2D eigenvalue weighted by molar-refractivity contribution is 5.94. The molecule has 1 aliphatic heterocycles. The Bertz CT molecular complexity index is 779. The van der Waals surface area contributed by atoms with E-state index < -0.39 is 5.82 Å².